The van der Waals surface area contributed by atoms with Crippen molar-refractivity contribution in [1.82, 2.24) is 10.6 Å². The van der Waals surface area contributed by atoms with Gasteiger partial charge in [-0.15, -0.1) is 0 Å². The van der Waals surface area contributed by atoms with E-state index in [0.29, 0.717) is 12.3 Å². The van der Waals surface area contributed by atoms with Gasteiger partial charge in [-0.25, -0.2) is 0 Å². The lowest BCUT2D eigenvalue weighted by atomic mass is 10.1. The van der Waals surface area contributed by atoms with E-state index in [0.717, 1.165) is 16.6 Å². The van der Waals surface area contributed by atoms with Gasteiger partial charge in [-0.2, -0.15) is 0 Å². The van der Waals surface area contributed by atoms with Crippen molar-refractivity contribution >= 4 is 21.8 Å². The third-order valence-electron chi connectivity index (χ3n) is 3.38. The average Bonchev–Trinajstić information content (AvgIpc) is 2.53. The summed E-state index contributed by atoms with van der Waals surface area (Å²) in [5, 5.41) is 6.31. The number of benzene rings is 2. The summed E-state index contributed by atoms with van der Waals surface area (Å²) in [6, 6.07) is 16.0. The van der Waals surface area contributed by atoms with Crippen molar-refractivity contribution in [1.29, 1.82) is 0 Å². The normalized spacial score (nSPS) is 11.2. The molecule has 0 aliphatic heterocycles. The minimum absolute atomic E-state index is 0.00455. The minimum atomic E-state index is -0.264. The Morgan fingerprint density at radius 2 is 1.80 bits per heavy atom. The fourth-order valence-electron chi connectivity index (χ4n) is 2.36. The quantitative estimate of drug-likeness (QED) is 0.731. The van der Waals surface area contributed by atoms with Crippen LogP contribution in [0.3, 0.4) is 0 Å². The van der Waals surface area contributed by atoms with Crippen LogP contribution in [0.4, 0.5) is 0 Å². The van der Waals surface area contributed by atoms with Crippen molar-refractivity contribution in [2.75, 3.05) is 6.61 Å². The number of ether oxygens (including phenoxy) is 1. The molecule has 1 amide bonds. The van der Waals surface area contributed by atoms with Gasteiger partial charge in [0, 0.05) is 28.7 Å². The maximum atomic E-state index is 11.9. The zero-order valence-electron chi connectivity index (χ0n) is 14.9. The molecule has 0 bridgehead atoms. The standard InChI is InChI=1S/C20H25BrN2O2/c1-20(2,3)23-19(24)14-25-18-10-9-17(21)11-16(18)13-22-12-15-7-5-4-6-8-15/h4-11,22H,12-14H2,1-3H3,(H,23,24). The molecule has 0 radical (unpaired) electrons. The smallest absolute Gasteiger partial charge is 0.258 e. The number of carbonyl (C=O) groups is 1. The van der Waals surface area contributed by atoms with Gasteiger partial charge in [0.05, 0.1) is 0 Å². The second-order valence-electron chi connectivity index (χ2n) is 6.93. The molecule has 0 fully saturated rings. The Balaban J connectivity index is 1.93. The summed E-state index contributed by atoms with van der Waals surface area (Å²) in [5.41, 5.74) is 1.97. The first-order chi connectivity index (χ1) is 11.8. The molecule has 2 N–H and O–H groups in total. The predicted octanol–water partition coefficient (Wildman–Crippen LogP) is 4.03. The fraction of sp³-hybridized carbons (Fsp3) is 0.350. The van der Waals surface area contributed by atoms with E-state index in [1.54, 1.807) is 0 Å². The van der Waals surface area contributed by atoms with Crippen molar-refractivity contribution in [3.8, 4) is 5.75 Å². The van der Waals surface area contributed by atoms with E-state index in [1.807, 2.05) is 57.2 Å². The average molecular weight is 405 g/mol. The Morgan fingerprint density at radius 3 is 2.48 bits per heavy atom. The van der Waals surface area contributed by atoms with Gasteiger partial charge in [-0.05, 0) is 44.5 Å². The van der Waals surface area contributed by atoms with Crippen LogP contribution in [0.5, 0.6) is 5.75 Å². The van der Waals surface area contributed by atoms with Crippen LogP contribution >= 0.6 is 15.9 Å². The number of hydrogen-bond acceptors (Lipinski definition) is 3. The van der Waals surface area contributed by atoms with Crippen molar-refractivity contribution < 1.29 is 9.53 Å². The molecule has 0 saturated heterocycles. The summed E-state index contributed by atoms with van der Waals surface area (Å²) in [6.45, 7) is 7.28. The molecular formula is C20H25BrN2O2. The number of carbonyl (C=O) groups excluding carboxylic acids is 1. The predicted molar refractivity (Wildman–Crippen MR) is 105 cm³/mol. The maximum Gasteiger partial charge on any atom is 0.258 e. The van der Waals surface area contributed by atoms with Crippen LogP contribution < -0.4 is 15.4 Å². The first-order valence-electron chi connectivity index (χ1n) is 8.30. The van der Waals surface area contributed by atoms with Crippen LogP contribution in [0, 0.1) is 0 Å². The van der Waals surface area contributed by atoms with Crippen LogP contribution in [0.1, 0.15) is 31.9 Å². The topological polar surface area (TPSA) is 50.4 Å². The molecular weight excluding hydrogens is 380 g/mol. The van der Waals surface area contributed by atoms with Crippen LogP contribution in [0.25, 0.3) is 0 Å². The molecule has 0 heterocycles. The SMILES string of the molecule is CC(C)(C)NC(=O)COc1ccc(Br)cc1CNCc1ccccc1. The number of nitrogens with one attached hydrogen (secondary N) is 2. The number of amides is 1. The number of hydrogen-bond donors (Lipinski definition) is 2. The number of halogens is 1. The lowest BCUT2D eigenvalue weighted by Crippen LogP contribution is -2.43. The molecule has 0 atom stereocenters. The lowest BCUT2D eigenvalue weighted by molar-refractivity contribution is -0.124. The monoisotopic (exact) mass is 404 g/mol. The van der Waals surface area contributed by atoms with Crippen LogP contribution in [0.15, 0.2) is 53.0 Å². The van der Waals surface area contributed by atoms with E-state index in [1.165, 1.54) is 5.56 Å². The lowest BCUT2D eigenvalue weighted by Gasteiger charge is -2.21. The summed E-state index contributed by atoms with van der Waals surface area (Å²) in [4.78, 5) is 11.9. The van der Waals surface area contributed by atoms with Crippen LogP contribution in [-0.2, 0) is 17.9 Å². The summed E-state index contributed by atoms with van der Waals surface area (Å²) in [6.07, 6.45) is 0. The first-order valence-corrected chi connectivity index (χ1v) is 9.10. The highest BCUT2D eigenvalue weighted by molar-refractivity contribution is 9.10. The Kier molecular flexibility index (Phi) is 7.02. The molecule has 0 spiro atoms. The third kappa shape index (κ3) is 7.28. The minimum Gasteiger partial charge on any atom is -0.483 e. The molecule has 4 nitrogen and oxygen atoms in total. The summed E-state index contributed by atoms with van der Waals surface area (Å²) >= 11 is 3.49. The molecule has 2 aromatic carbocycles. The highest BCUT2D eigenvalue weighted by atomic mass is 79.9. The van der Waals surface area contributed by atoms with E-state index < -0.39 is 0 Å². The van der Waals surface area contributed by atoms with E-state index in [-0.39, 0.29) is 18.1 Å². The van der Waals surface area contributed by atoms with Crippen LogP contribution in [-0.4, -0.2) is 18.1 Å². The van der Waals surface area contributed by atoms with Crippen molar-refractivity contribution in [2.45, 2.75) is 39.4 Å². The van der Waals surface area contributed by atoms with Gasteiger partial charge in [0.15, 0.2) is 6.61 Å². The fourth-order valence-corrected chi connectivity index (χ4v) is 2.77. The second-order valence-corrected chi connectivity index (χ2v) is 7.84. The Hall–Kier alpha value is -1.85. The molecule has 0 aliphatic carbocycles. The van der Waals surface area contributed by atoms with Gasteiger partial charge in [-0.3, -0.25) is 4.79 Å². The van der Waals surface area contributed by atoms with E-state index >= 15 is 0 Å². The molecule has 0 aromatic heterocycles. The largest absolute Gasteiger partial charge is 0.483 e. The van der Waals surface area contributed by atoms with Gasteiger partial charge in [0.25, 0.3) is 5.91 Å². The van der Waals surface area contributed by atoms with Crippen molar-refractivity contribution in [3.05, 3.63) is 64.1 Å². The number of rotatable bonds is 7. The van der Waals surface area contributed by atoms with Gasteiger partial charge in [-0.1, -0.05) is 46.3 Å². The van der Waals surface area contributed by atoms with E-state index in [4.69, 9.17) is 4.74 Å². The Bertz CT molecular complexity index is 697. The molecule has 0 unspecified atom stereocenters. The molecule has 0 saturated carbocycles. The Labute approximate surface area is 158 Å². The summed E-state index contributed by atoms with van der Waals surface area (Å²) < 4.78 is 6.71. The second kappa shape index (κ2) is 9.02. The van der Waals surface area contributed by atoms with Crippen molar-refractivity contribution in [3.63, 3.8) is 0 Å². The first kappa shape index (κ1) is 19.5. The zero-order valence-corrected chi connectivity index (χ0v) is 16.5. The highest BCUT2D eigenvalue weighted by Gasteiger charge is 2.14. The highest BCUT2D eigenvalue weighted by Crippen LogP contribution is 2.23. The Morgan fingerprint density at radius 1 is 1.08 bits per heavy atom. The third-order valence-corrected chi connectivity index (χ3v) is 3.88. The van der Waals surface area contributed by atoms with E-state index in [9.17, 15) is 4.79 Å². The van der Waals surface area contributed by atoms with Crippen LogP contribution in [0.2, 0.25) is 0 Å². The summed E-state index contributed by atoms with van der Waals surface area (Å²) in [7, 11) is 0. The van der Waals surface area contributed by atoms with E-state index in [2.05, 4.69) is 38.7 Å². The van der Waals surface area contributed by atoms with Crippen molar-refractivity contribution in [2.24, 2.45) is 0 Å². The van der Waals surface area contributed by atoms with Gasteiger partial charge in [0.1, 0.15) is 5.75 Å². The van der Waals surface area contributed by atoms with Gasteiger partial charge < -0.3 is 15.4 Å². The molecule has 5 heteroatoms. The van der Waals surface area contributed by atoms with Gasteiger partial charge in [0.2, 0.25) is 0 Å². The molecule has 2 rings (SSSR count). The van der Waals surface area contributed by atoms with Gasteiger partial charge >= 0.3 is 0 Å². The molecule has 2 aromatic rings. The molecule has 134 valence electrons. The summed E-state index contributed by atoms with van der Waals surface area (Å²) in [5.74, 6) is 0.589. The zero-order chi connectivity index (χ0) is 18.3. The molecule has 0 aliphatic rings. The maximum absolute atomic E-state index is 11.9. The molecule has 25 heavy (non-hydrogen) atoms.